The number of carbonyl (C=O) groups excluding carboxylic acids is 4. The zero-order valence-corrected chi connectivity index (χ0v) is 41.2. The number of rotatable bonds is 20. The molecule has 0 radical (unpaired) electrons. The van der Waals surface area contributed by atoms with Gasteiger partial charge >= 0.3 is 0 Å². The van der Waals surface area contributed by atoms with E-state index >= 15 is 0 Å². The van der Waals surface area contributed by atoms with Crippen molar-refractivity contribution in [2.75, 3.05) is 26.3 Å². The van der Waals surface area contributed by atoms with Crippen LogP contribution in [-0.4, -0.2) is 93.0 Å². The smallest absolute Gasteiger partial charge is 0.245 e. The number of hydrogen-bond donors (Lipinski definition) is 2. The van der Waals surface area contributed by atoms with Crippen molar-refractivity contribution in [3.63, 3.8) is 0 Å². The minimum absolute atomic E-state index is 0.00327. The molecule has 2 aliphatic heterocycles. The number of nitrogens with one attached hydrogen (secondary N) is 2. The largest absolute Gasteiger partial charge is 0.378 e. The quantitative estimate of drug-likeness (QED) is 0.0857. The molecule has 2 saturated heterocycles. The van der Waals surface area contributed by atoms with E-state index in [1.165, 1.54) is 45.8 Å². The Kier molecular flexibility index (Phi) is 16.8. The van der Waals surface area contributed by atoms with Gasteiger partial charge in [0.15, 0.2) is 0 Å². The summed E-state index contributed by atoms with van der Waals surface area (Å²) in [6, 6.07) is 16.5. The molecule has 2 aromatic heterocycles. The van der Waals surface area contributed by atoms with Crippen molar-refractivity contribution in [3.8, 4) is 0 Å². The predicted molar refractivity (Wildman–Crippen MR) is 267 cm³/mol. The second-order valence-corrected chi connectivity index (χ2v) is 20.8. The van der Waals surface area contributed by atoms with Gasteiger partial charge in [-0.2, -0.15) is 0 Å². The number of fused-ring (bicyclic) bond motifs is 2. The Morgan fingerprint density at radius 3 is 1.37 bits per heavy atom. The van der Waals surface area contributed by atoms with E-state index in [1.807, 2.05) is 27.7 Å². The summed E-state index contributed by atoms with van der Waals surface area (Å²) in [4.78, 5) is 59.5. The fourth-order valence-electron chi connectivity index (χ4n) is 12.0. The van der Waals surface area contributed by atoms with Gasteiger partial charge in [-0.05, 0) is 112 Å². The van der Waals surface area contributed by atoms with Gasteiger partial charge in [-0.15, -0.1) is 0 Å². The third-order valence-electron chi connectivity index (χ3n) is 16.4. The standard InChI is InChI=1S/C56H80N6O5/c1-5-39(3)53(63)57-51(41-19-9-7-10-20-41)55(65)61-29-17-23-45(61)35-43-37-59(49-27-15-13-25-47(43)49)31-33-67-34-32-60-38-44(48-26-14-16-28-50(48)60)36-46-24-18-30-62(46)56(66)52(42-21-11-8-12-22-42)58-54(64)40(4)6-2/h13-16,25-28,37-42,45-46,51-52H,5-12,17-24,29-36H2,1-4H3,(H,57,63)(H,58,64)/t39-,40-,45+,46+,51+,52+/m1/s1. The number of carbonyl (C=O) groups is 4. The van der Waals surface area contributed by atoms with E-state index < -0.39 is 12.1 Å². The summed E-state index contributed by atoms with van der Waals surface area (Å²) < 4.78 is 11.0. The lowest BCUT2D eigenvalue weighted by Gasteiger charge is -2.35. The van der Waals surface area contributed by atoms with Crippen molar-refractivity contribution >= 4 is 45.4 Å². The maximum absolute atomic E-state index is 14.4. The van der Waals surface area contributed by atoms with Gasteiger partial charge < -0.3 is 34.3 Å². The molecule has 0 spiro atoms. The maximum atomic E-state index is 14.4. The van der Waals surface area contributed by atoms with Crippen LogP contribution in [-0.2, 0) is 49.8 Å². The van der Waals surface area contributed by atoms with Crippen LogP contribution in [0.2, 0.25) is 0 Å². The Morgan fingerprint density at radius 2 is 0.970 bits per heavy atom. The number of nitrogens with zero attached hydrogens (tertiary/aromatic N) is 4. The molecule has 364 valence electrons. The van der Waals surface area contributed by atoms with Crippen molar-refractivity contribution in [2.45, 2.75) is 181 Å². The molecular formula is C56H80N6O5. The molecule has 4 aromatic rings. The lowest BCUT2D eigenvalue weighted by Crippen LogP contribution is -2.54. The fraction of sp³-hybridized carbons (Fsp3) is 0.643. The van der Waals surface area contributed by atoms with Crippen LogP contribution in [0.4, 0.5) is 0 Å². The van der Waals surface area contributed by atoms with Crippen LogP contribution >= 0.6 is 0 Å². The van der Waals surface area contributed by atoms with Crippen molar-refractivity contribution in [1.82, 2.24) is 29.6 Å². The van der Waals surface area contributed by atoms with E-state index in [0.717, 1.165) is 129 Å². The Bertz CT molecular complexity index is 2130. The molecule has 67 heavy (non-hydrogen) atoms. The molecule has 4 fully saturated rings. The average molecular weight is 917 g/mol. The van der Waals surface area contributed by atoms with Crippen LogP contribution in [0.1, 0.15) is 142 Å². The number of likely N-dealkylation sites (tertiary alicyclic amines) is 2. The molecule has 6 atom stereocenters. The third kappa shape index (κ3) is 11.5. The van der Waals surface area contributed by atoms with Crippen LogP contribution in [0, 0.1) is 23.7 Å². The van der Waals surface area contributed by atoms with Gasteiger partial charge in [0, 0.05) is 84.3 Å². The number of aromatic nitrogens is 2. The van der Waals surface area contributed by atoms with E-state index in [-0.39, 0.29) is 59.4 Å². The summed E-state index contributed by atoms with van der Waals surface area (Å²) in [5.74, 6) is 0.431. The first-order valence-electron chi connectivity index (χ1n) is 26.6. The minimum atomic E-state index is -0.440. The zero-order valence-electron chi connectivity index (χ0n) is 41.2. The molecule has 2 aliphatic carbocycles. The van der Waals surface area contributed by atoms with E-state index in [4.69, 9.17) is 4.74 Å². The highest BCUT2D eigenvalue weighted by Crippen LogP contribution is 2.34. The molecule has 2 N–H and O–H groups in total. The summed E-state index contributed by atoms with van der Waals surface area (Å²) in [6.07, 6.45) is 22.5. The van der Waals surface area contributed by atoms with Crippen LogP contribution in [0.5, 0.6) is 0 Å². The third-order valence-corrected chi connectivity index (χ3v) is 16.4. The van der Waals surface area contributed by atoms with Crippen molar-refractivity contribution in [1.29, 1.82) is 0 Å². The SMILES string of the molecule is CC[C@@H](C)C(=O)N[C@H](C(=O)N1CCC[C@H]1Cc1cn(CCOCCn2cc(C[C@@H]3CCCN3C(=O)[C@@H](NC(=O)[C@H](C)CC)C3CCCCC3)c3ccccc32)c2ccccc12)C1CCCCC1. The predicted octanol–water partition coefficient (Wildman–Crippen LogP) is 9.60. The Hall–Kier alpha value is -4.64. The first kappa shape index (κ1) is 48.8. The highest BCUT2D eigenvalue weighted by atomic mass is 16.5. The van der Waals surface area contributed by atoms with Crippen molar-refractivity contribution in [2.24, 2.45) is 23.7 Å². The molecule has 4 amide bonds. The number of ether oxygens (including phenoxy) is 1. The zero-order chi connectivity index (χ0) is 46.9. The number of hydrogen-bond acceptors (Lipinski definition) is 5. The molecule has 4 heterocycles. The summed E-state index contributed by atoms with van der Waals surface area (Å²) in [7, 11) is 0. The van der Waals surface area contributed by atoms with Gasteiger partial charge in [0.2, 0.25) is 23.6 Å². The Labute approximate surface area is 400 Å². The van der Waals surface area contributed by atoms with Crippen LogP contribution < -0.4 is 10.6 Å². The van der Waals surface area contributed by atoms with E-state index in [9.17, 15) is 19.2 Å². The first-order valence-corrected chi connectivity index (χ1v) is 26.6. The van der Waals surface area contributed by atoms with Crippen LogP contribution in [0.3, 0.4) is 0 Å². The van der Waals surface area contributed by atoms with E-state index in [1.54, 1.807) is 0 Å². The van der Waals surface area contributed by atoms with Gasteiger partial charge in [-0.25, -0.2) is 0 Å². The van der Waals surface area contributed by atoms with Gasteiger partial charge in [-0.1, -0.05) is 103 Å². The van der Waals surface area contributed by atoms with Gasteiger partial charge in [-0.3, -0.25) is 19.2 Å². The monoisotopic (exact) mass is 917 g/mol. The molecule has 11 heteroatoms. The number of amides is 4. The second kappa shape index (κ2) is 23.1. The van der Waals surface area contributed by atoms with E-state index in [0.29, 0.717) is 13.2 Å². The van der Waals surface area contributed by atoms with Crippen LogP contribution in [0.15, 0.2) is 60.9 Å². The summed E-state index contributed by atoms with van der Waals surface area (Å²) in [5.41, 5.74) is 4.88. The maximum Gasteiger partial charge on any atom is 0.245 e. The second-order valence-electron chi connectivity index (χ2n) is 20.8. The van der Waals surface area contributed by atoms with Crippen molar-refractivity contribution < 1.29 is 23.9 Å². The molecule has 0 bridgehead atoms. The lowest BCUT2D eigenvalue weighted by atomic mass is 9.83. The number of para-hydroxylation sites is 2. The molecule has 2 saturated carbocycles. The van der Waals surface area contributed by atoms with Crippen LogP contribution in [0.25, 0.3) is 21.8 Å². The van der Waals surface area contributed by atoms with Gasteiger partial charge in [0.25, 0.3) is 0 Å². The highest BCUT2D eigenvalue weighted by molar-refractivity contribution is 5.90. The molecule has 8 rings (SSSR count). The number of benzene rings is 2. The average Bonchev–Trinajstić information content (AvgIpc) is 4.18. The molecule has 4 aliphatic rings. The minimum Gasteiger partial charge on any atom is -0.378 e. The summed E-state index contributed by atoms with van der Waals surface area (Å²) in [5, 5.41) is 8.96. The molecule has 0 unspecified atom stereocenters. The van der Waals surface area contributed by atoms with Gasteiger partial charge in [0.05, 0.1) is 13.2 Å². The Balaban J connectivity index is 0.890. The fourth-order valence-corrected chi connectivity index (χ4v) is 12.0. The molecular weight excluding hydrogens is 837 g/mol. The molecule has 2 aromatic carbocycles. The molecule has 11 nitrogen and oxygen atoms in total. The first-order chi connectivity index (χ1) is 32.6. The summed E-state index contributed by atoms with van der Waals surface area (Å²) in [6.45, 7) is 12.1. The van der Waals surface area contributed by atoms with Gasteiger partial charge in [0.1, 0.15) is 12.1 Å². The topological polar surface area (TPSA) is 118 Å². The lowest BCUT2D eigenvalue weighted by molar-refractivity contribution is -0.140. The Morgan fingerprint density at radius 1 is 0.567 bits per heavy atom. The normalized spacial score (nSPS) is 21.4. The van der Waals surface area contributed by atoms with E-state index in [2.05, 4.69) is 90.5 Å². The summed E-state index contributed by atoms with van der Waals surface area (Å²) >= 11 is 0. The highest BCUT2D eigenvalue weighted by Gasteiger charge is 2.40. The van der Waals surface area contributed by atoms with Crippen molar-refractivity contribution in [3.05, 3.63) is 72.1 Å².